The molecule has 1 unspecified atom stereocenters. The van der Waals surface area contributed by atoms with E-state index >= 15 is 0 Å². The Hall–Kier alpha value is -0.500. The van der Waals surface area contributed by atoms with Crippen molar-refractivity contribution in [1.29, 1.82) is 0 Å². The van der Waals surface area contributed by atoms with Crippen LogP contribution in [0.4, 0.5) is 0 Å². The molecular weight excluding hydrogens is 172 g/mol. The maximum atomic E-state index is 5.68. The topological polar surface area (TPSA) is 38.0 Å². The number of rotatable bonds is 8. The first kappa shape index (κ1) is 13.5. The zero-order valence-corrected chi connectivity index (χ0v) is 9.97. The highest BCUT2D eigenvalue weighted by molar-refractivity contribution is 4.96. The molecule has 3 N–H and O–H groups in total. The molecule has 0 aromatic heterocycles. The molecule has 2 nitrogen and oxygen atoms in total. The van der Waals surface area contributed by atoms with E-state index in [9.17, 15) is 0 Å². The quantitative estimate of drug-likeness (QED) is 0.589. The lowest BCUT2D eigenvalue weighted by Crippen LogP contribution is -2.17. The van der Waals surface area contributed by atoms with E-state index in [1.54, 1.807) is 0 Å². The Labute approximate surface area is 89.0 Å². The number of hydrogen-bond donors (Lipinski definition) is 2. The van der Waals surface area contributed by atoms with Crippen LogP contribution in [-0.2, 0) is 0 Å². The Morgan fingerprint density at radius 3 is 2.64 bits per heavy atom. The van der Waals surface area contributed by atoms with Gasteiger partial charge in [-0.25, -0.2) is 0 Å². The summed E-state index contributed by atoms with van der Waals surface area (Å²) in [5, 5.41) is 3.46. The lowest BCUT2D eigenvalue weighted by atomic mass is 10.1. The van der Waals surface area contributed by atoms with E-state index in [-0.39, 0.29) is 0 Å². The van der Waals surface area contributed by atoms with E-state index in [0.29, 0.717) is 6.04 Å². The van der Waals surface area contributed by atoms with Crippen LogP contribution in [0, 0.1) is 0 Å². The van der Waals surface area contributed by atoms with Crippen molar-refractivity contribution in [2.45, 2.75) is 58.9 Å². The summed E-state index contributed by atoms with van der Waals surface area (Å²) < 4.78 is 0. The van der Waals surface area contributed by atoms with Crippen LogP contribution >= 0.6 is 0 Å². The van der Waals surface area contributed by atoms with Crippen LogP contribution in [0.25, 0.3) is 0 Å². The van der Waals surface area contributed by atoms with Gasteiger partial charge in [0.1, 0.15) is 0 Å². The molecule has 0 aliphatic carbocycles. The van der Waals surface area contributed by atoms with E-state index in [2.05, 4.69) is 32.2 Å². The van der Waals surface area contributed by atoms with Crippen LogP contribution in [0.2, 0.25) is 0 Å². The molecular formula is C12H26N2. The fraction of sp³-hybridized carbons (Fsp3) is 0.833. The van der Waals surface area contributed by atoms with E-state index in [1.807, 2.05) is 0 Å². The monoisotopic (exact) mass is 198 g/mol. The van der Waals surface area contributed by atoms with Crippen molar-refractivity contribution in [2.24, 2.45) is 5.73 Å². The SMILES string of the molecule is C/C=C(/CCC)NCCCCC(C)N. The third-order valence-electron chi connectivity index (χ3n) is 2.31. The average Bonchev–Trinajstić information content (AvgIpc) is 2.15. The molecule has 0 heterocycles. The summed E-state index contributed by atoms with van der Waals surface area (Å²) in [6.45, 7) is 7.47. The average molecular weight is 198 g/mol. The number of hydrogen-bond acceptors (Lipinski definition) is 2. The minimum absolute atomic E-state index is 0.354. The van der Waals surface area contributed by atoms with Crippen molar-refractivity contribution in [1.82, 2.24) is 5.32 Å². The molecule has 14 heavy (non-hydrogen) atoms. The molecule has 0 saturated heterocycles. The number of nitrogens with two attached hydrogens (primary N) is 1. The number of nitrogens with one attached hydrogen (secondary N) is 1. The predicted octanol–water partition coefficient (Wildman–Crippen LogP) is 2.80. The van der Waals surface area contributed by atoms with Gasteiger partial charge in [-0.05, 0) is 33.1 Å². The molecule has 0 fully saturated rings. The molecule has 0 aromatic rings. The van der Waals surface area contributed by atoms with Gasteiger partial charge in [-0.3, -0.25) is 0 Å². The van der Waals surface area contributed by atoms with Gasteiger partial charge in [0.2, 0.25) is 0 Å². The van der Waals surface area contributed by atoms with Crippen LogP contribution < -0.4 is 11.1 Å². The van der Waals surface area contributed by atoms with E-state index < -0.39 is 0 Å². The first-order valence-corrected chi connectivity index (χ1v) is 5.85. The summed E-state index contributed by atoms with van der Waals surface area (Å²) in [5.74, 6) is 0. The molecule has 84 valence electrons. The summed E-state index contributed by atoms with van der Waals surface area (Å²) in [6.07, 6.45) is 8.16. The molecule has 0 amide bonds. The third kappa shape index (κ3) is 8.11. The van der Waals surface area contributed by atoms with Gasteiger partial charge in [0.05, 0.1) is 0 Å². The van der Waals surface area contributed by atoms with Gasteiger partial charge in [-0.1, -0.05) is 25.8 Å². The minimum atomic E-state index is 0.354. The predicted molar refractivity (Wildman–Crippen MR) is 64.2 cm³/mol. The number of unbranched alkanes of at least 4 members (excludes halogenated alkanes) is 1. The molecule has 0 bridgehead atoms. The molecule has 2 heteroatoms. The fourth-order valence-electron chi connectivity index (χ4n) is 1.44. The standard InChI is InChI=1S/C12H26N2/c1-4-8-12(5-2)14-10-7-6-9-11(3)13/h5,11,14H,4,6-10,13H2,1-3H3/b12-5-. The van der Waals surface area contributed by atoms with Crippen LogP contribution in [0.15, 0.2) is 11.8 Å². The summed E-state index contributed by atoms with van der Waals surface area (Å²) in [6, 6.07) is 0.354. The molecule has 0 aromatic carbocycles. The Morgan fingerprint density at radius 1 is 1.43 bits per heavy atom. The maximum absolute atomic E-state index is 5.68. The van der Waals surface area contributed by atoms with Crippen molar-refractivity contribution >= 4 is 0 Å². The second-order valence-corrected chi connectivity index (χ2v) is 3.96. The highest BCUT2D eigenvalue weighted by Crippen LogP contribution is 2.02. The Balaban J connectivity index is 3.34. The van der Waals surface area contributed by atoms with E-state index in [0.717, 1.165) is 13.0 Å². The lowest BCUT2D eigenvalue weighted by molar-refractivity contribution is 0.578. The summed E-state index contributed by atoms with van der Waals surface area (Å²) >= 11 is 0. The normalized spacial score (nSPS) is 14.1. The molecule has 0 saturated carbocycles. The zero-order valence-electron chi connectivity index (χ0n) is 9.97. The van der Waals surface area contributed by atoms with Gasteiger partial charge in [0.15, 0.2) is 0 Å². The zero-order chi connectivity index (χ0) is 10.8. The van der Waals surface area contributed by atoms with Crippen molar-refractivity contribution in [2.75, 3.05) is 6.54 Å². The van der Waals surface area contributed by atoms with Crippen molar-refractivity contribution in [3.8, 4) is 0 Å². The largest absolute Gasteiger partial charge is 0.389 e. The molecule has 0 spiro atoms. The molecule has 0 aliphatic rings. The molecule has 0 radical (unpaired) electrons. The van der Waals surface area contributed by atoms with E-state index in [4.69, 9.17) is 5.73 Å². The smallest absolute Gasteiger partial charge is 0.0143 e. The Kier molecular flexibility index (Phi) is 8.75. The summed E-state index contributed by atoms with van der Waals surface area (Å²) in [7, 11) is 0. The summed E-state index contributed by atoms with van der Waals surface area (Å²) in [4.78, 5) is 0. The Bertz CT molecular complexity index is 150. The second-order valence-electron chi connectivity index (χ2n) is 3.96. The second kappa shape index (κ2) is 9.07. The lowest BCUT2D eigenvalue weighted by Gasteiger charge is -2.10. The third-order valence-corrected chi connectivity index (χ3v) is 2.31. The van der Waals surface area contributed by atoms with Gasteiger partial charge in [-0.15, -0.1) is 0 Å². The van der Waals surface area contributed by atoms with Crippen molar-refractivity contribution in [3.63, 3.8) is 0 Å². The maximum Gasteiger partial charge on any atom is 0.0143 e. The van der Waals surface area contributed by atoms with Crippen LogP contribution in [-0.4, -0.2) is 12.6 Å². The molecule has 0 aliphatic heterocycles. The highest BCUT2D eigenvalue weighted by atomic mass is 14.9. The van der Waals surface area contributed by atoms with Crippen molar-refractivity contribution in [3.05, 3.63) is 11.8 Å². The van der Waals surface area contributed by atoms with E-state index in [1.165, 1.54) is 31.4 Å². The van der Waals surface area contributed by atoms with Crippen molar-refractivity contribution < 1.29 is 0 Å². The molecule has 0 rings (SSSR count). The minimum Gasteiger partial charge on any atom is -0.389 e. The van der Waals surface area contributed by atoms with Gasteiger partial charge < -0.3 is 11.1 Å². The van der Waals surface area contributed by atoms with Crippen LogP contribution in [0.3, 0.4) is 0 Å². The Morgan fingerprint density at radius 2 is 2.14 bits per heavy atom. The fourth-order valence-corrected chi connectivity index (χ4v) is 1.44. The molecule has 1 atom stereocenters. The first-order chi connectivity index (χ1) is 6.70. The van der Waals surface area contributed by atoms with Crippen LogP contribution in [0.1, 0.15) is 52.9 Å². The number of allylic oxidation sites excluding steroid dienone is 2. The van der Waals surface area contributed by atoms with Gasteiger partial charge in [-0.2, -0.15) is 0 Å². The van der Waals surface area contributed by atoms with Gasteiger partial charge in [0.25, 0.3) is 0 Å². The first-order valence-electron chi connectivity index (χ1n) is 5.85. The summed E-state index contributed by atoms with van der Waals surface area (Å²) in [5.41, 5.74) is 7.06. The highest BCUT2D eigenvalue weighted by Gasteiger charge is 1.95. The van der Waals surface area contributed by atoms with Gasteiger partial charge >= 0.3 is 0 Å². The van der Waals surface area contributed by atoms with Gasteiger partial charge in [0, 0.05) is 18.3 Å². The van der Waals surface area contributed by atoms with Crippen LogP contribution in [0.5, 0.6) is 0 Å².